The van der Waals surface area contributed by atoms with Gasteiger partial charge in [0.15, 0.2) is 0 Å². The first-order valence-electron chi connectivity index (χ1n) is 5.98. The summed E-state index contributed by atoms with van der Waals surface area (Å²) in [5.41, 5.74) is 0.879. The van der Waals surface area contributed by atoms with Crippen molar-refractivity contribution < 1.29 is 4.79 Å². The maximum Gasteiger partial charge on any atom is 0.270 e. The van der Waals surface area contributed by atoms with Gasteiger partial charge in [-0.15, -0.1) is 0 Å². The van der Waals surface area contributed by atoms with Crippen LogP contribution in [0.5, 0.6) is 0 Å². The second kappa shape index (κ2) is 5.41. The van der Waals surface area contributed by atoms with Gasteiger partial charge < -0.3 is 5.32 Å². The van der Waals surface area contributed by atoms with Gasteiger partial charge in [0.1, 0.15) is 5.69 Å². The van der Waals surface area contributed by atoms with Gasteiger partial charge in [-0.2, -0.15) is 0 Å². The summed E-state index contributed by atoms with van der Waals surface area (Å²) in [7, 11) is 0. The Balaban J connectivity index is 2.19. The van der Waals surface area contributed by atoms with E-state index in [1.54, 1.807) is 12.1 Å². The standard InChI is InChI=1S/C15H15ClN2O/c1-15(2,11-6-4-3-5-7-11)18-14(19)13-10-12(16)8-9-17-13/h3-10H,1-2H3,(H,18,19). The number of rotatable bonds is 3. The van der Waals surface area contributed by atoms with Gasteiger partial charge in [0, 0.05) is 11.2 Å². The number of carbonyl (C=O) groups excluding carboxylic acids is 1. The van der Waals surface area contributed by atoms with Crippen LogP contribution in [0.2, 0.25) is 5.02 Å². The minimum atomic E-state index is -0.470. The molecule has 0 bridgehead atoms. The first kappa shape index (κ1) is 13.6. The molecule has 0 unspecified atom stereocenters. The fourth-order valence-electron chi connectivity index (χ4n) is 1.80. The molecule has 0 saturated heterocycles. The van der Waals surface area contributed by atoms with Crippen molar-refractivity contribution in [2.45, 2.75) is 19.4 Å². The summed E-state index contributed by atoms with van der Waals surface area (Å²) in [4.78, 5) is 16.2. The lowest BCUT2D eigenvalue weighted by Gasteiger charge is -2.26. The van der Waals surface area contributed by atoms with Crippen molar-refractivity contribution >= 4 is 17.5 Å². The maximum absolute atomic E-state index is 12.2. The quantitative estimate of drug-likeness (QED) is 0.932. The number of benzene rings is 1. The van der Waals surface area contributed by atoms with Crippen molar-refractivity contribution in [3.63, 3.8) is 0 Å². The van der Waals surface area contributed by atoms with Crippen LogP contribution in [-0.4, -0.2) is 10.9 Å². The van der Waals surface area contributed by atoms with Crippen LogP contribution in [0.1, 0.15) is 29.9 Å². The minimum Gasteiger partial charge on any atom is -0.342 e. The number of carbonyl (C=O) groups is 1. The van der Waals surface area contributed by atoms with Gasteiger partial charge in [0.2, 0.25) is 0 Å². The van der Waals surface area contributed by atoms with E-state index in [4.69, 9.17) is 11.6 Å². The number of pyridine rings is 1. The molecule has 19 heavy (non-hydrogen) atoms. The molecule has 2 rings (SSSR count). The molecule has 0 aliphatic heterocycles. The largest absolute Gasteiger partial charge is 0.342 e. The van der Waals surface area contributed by atoms with Crippen LogP contribution in [0.25, 0.3) is 0 Å². The molecule has 3 nitrogen and oxygen atoms in total. The molecule has 0 atom stereocenters. The number of nitrogens with zero attached hydrogens (tertiary/aromatic N) is 1. The summed E-state index contributed by atoms with van der Waals surface area (Å²) in [5.74, 6) is -0.239. The molecule has 98 valence electrons. The number of nitrogens with one attached hydrogen (secondary N) is 1. The van der Waals surface area contributed by atoms with Crippen LogP contribution in [0.4, 0.5) is 0 Å². The predicted octanol–water partition coefficient (Wildman–Crippen LogP) is 3.40. The second-order valence-electron chi connectivity index (χ2n) is 4.80. The van der Waals surface area contributed by atoms with E-state index in [0.29, 0.717) is 10.7 Å². The van der Waals surface area contributed by atoms with Crippen molar-refractivity contribution in [3.05, 3.63) is 64.9 Å². The summed E-state index contributed by atoms with van der Waals surface area (Å²) in [6, 6.07) is 13.0. The van der Waals surface area contributed by atoms with Gasteiger partial charge >= 0.3 is 0 Å². The number of hydrogen-bond acceptors (Lipinski definition) is 2. The molecule has 0 spiro atoms. The molecule has 1 aromatic carbocycles. The predicted molar refractivity (Wildman–Crippen MR) is 76.2 cm³/mol. The van der Waals surface area contributed by atoms with Gasteiger partial charge in [-0.3, -0.25) is 9.78 Å². The molecule has 0 fully saturated rings. The van der Waals surface area contributed by atoms with Crippen LogP contribution in [0, 0.1) is 0 Å². The Morgan fingerprint density at radius 3 is 2.53 bits per heavy atom. The Hall–Kier alpha value is -1.87. The smallest absolute Gasteiger partial charge is 0.270 e. The van der Waals surface area contributed by atoms with Crippen molar-refractivity contribution in [1.29, 1.82) is 0 Å². The molecule has 1 N–H and O–H groups in total. The van der Waals surface area contributed by atoms with Gasteiger partial charge in [-0.05, 0) is 31.5 Å². The van der Waals surface area contributed by atoms with E-state index in [9.17, 15) is 4.79 Å². The summed E-state index contributed by atoms with van der Waals surface area (Å²) in [5, 5.41) is 3.45. The Kier molecular flexibility index (Phi) is 3.86. The lowest BCUT2D eigenvalue weighted by atomic mass is 9.94. The third-order valence-electron chi connectivity index (χ3n) is 2.88. The zero-order chi connectivity index (χ0) is 13.9. The van der Waals surface area contributed by atoms with Crippen LogP contribution in [0.15, 0.2) is 48.7 Å². The Morgan fingerprint density at radius 2 is 1.89 bits per heavy atom. The fraction of sp³-hybridized carbons (Fsp3) is 0.200. The van der Waals surface area contributed by atoms with E-state index in [2.05, 4.69) is 10.3 Å². The highest BCUT2D eigenvalue weighted by molar-refractivity contribution is 6.30. The number of hydrogen-bond donors (Lipinski definition) is 1. The van der Waals surface area contributed by atoms with Crippen LogP contribution >= 0.6 is 11.6 Å². The summed E-state index contributed by atoms with van der Waals surface area (Å²) in [6.45, 7) is 3.90. The minimum absolute atomic E-state index is 0.239. The van der Waals surface area contributed by atoms with Crippen molar-refractivity contribution in [2.75, 3.05) is 0 Å². The van der Waals surface area contributed by atoms with E-state index < -0.39 is 5.54 Å². The first-order chi connectivity index (χ1) is 8.99. The summed E-state index contributed by atoms with van der Waals surface area (Å²) < 4.78 is 0. The lowest BCUT2D eigenvalue weighted by Crippen LogP contribution is -2.41. The van der Waals surface area contributed by atoms with E-state index in [1.165, 1.54) is 6.20 Å². The van der Waals surface area contributed by atoms with E-state index in [-0.39, 0.29) is 5.91 Å². The van der Waals surface area contributed by atoms with E-state index in [0.717, 1.165) is 5.56 Å². The molecule has 4 heteroatoms. The second-order valence-corrected chi connectivity index (χ2v) is 5.24. The highest BCUT2D eigenvalue weighted by Gasteiger charge is 2.23. The third-order valence-corrected chi connectivity index (χ3v) is 3.11. The van der Waals surface area contributed by atoms with Crippen molar-refractivity contribution in [3.8, 4) is 0 Å². The van der Waals surface area contributed by atoms with Crippen molar-refractivity contribution in [2.24, 2.45) is 0 Å². The molecule has 0 radical (unpaired) electrons. The van der Waals surface area contributed by atoms with Crippen molar-refractivity contribution in [1.82, 2.24) is 10.3 Å². The van der Waals surface area contributed by atoms with Crippen LogP contribution in [0.3, 0.4) is 0 Å². The lowest BCUT2D eigenvalue weighted by molar-refractivity contribution is 0.0907. The highest BCUT2D eigenvalue weighted by Crippen LogP contribution is 2.20. The monoisotopic (exact) mass is 274 g/mol. The third kappa shape index (κ3) is 3.32. The van der Waals surface area contributed by atoms with E-state index >= 15 is 0 Å². The molecule has 1 heterocycles. The SMILES string of the molecule is CC(C)(NC(=O)c1cc(Cl)ccn1)c1ccccc1. The highest BCUT2D eigenvalue weighted by atomic mass is 35.5. The Bertz CT molecular complexity index is 582. The number of halogens is 1. The first-order valence-corrected chi connectivity index (χ1v) is 6.36. The van der Waals surface area contributed by atoms with Gasteiger partial charge in [-0.1, -0.05) is 41.9 Å². The normalized spacial score (nSPS) is 11.1. The molecular formula is C15H15ClN2O. The molecule has 2 aromatic rings. The molecule has 0 saturated carbocycles. The molecule has 0 aliphatic carbocycles. The number of amides is 1. The topological polar surface area (TPSA) is 42.0 Å². The Morgan fingerprint density at radius 1 is 1.21 bits per heavy atom. The molecule has 1 amide bonds. The zero-order valence-electron chi connectivity index (χ0n) is 10.9. The van der Waals surface area contributed by atoms with Crippen LogP contribution < -0.4 is 5.32 Å². The van der Waals surface area contributed by atoms with E-state index in [1.807, 2.05) is 44.2 Å². The molecule has 0 aliphatic rings. The number of aromatic nitrogens is 1. The van der Waals surface area contributed by atoms with Gasteiger partial charge in [0.25, 0.3) is 5.91 Å². The Labute approximate surface area is 117 Å². The maximum atomic E-state index is 12.2. The fourth-order valence-corrected chi connectivity index (χ4v) is 1.96. The summed E-state index contributed by atoms with van der Waals surface area (Å²) >= 11 is 5.86. The average Bonchev–Trinajstić information content (AvgIpc) is 2.39. The van der Waals surface area contributed by atoms with Gasteiger partial charge in [0.05, 0.1) is 5.54 Å². The molecular weight excluding hydrogens is 260 g/mol. The van der Waals surface area contributed by atoms with Crippen LogP contribution in [-0.2, 0) is 5.54 Å². The zero-order valence-corrected chi connectivity index (χ0v) is 11.6. The average molecular weight is 275 g/mol. The molecule has 1 aromatic heterocycles. The summed E-state index contributed by atoms with van der Waals surface area (Å²) in [6.07, 6.45) is 1.52. The van der Waals surface area contributed by atoms with Gasteiger partial charge in [-0.25, -0.2) is 0 Å².